The SMILES string of the molecule is O=C(/C=C/c1cnccc1-c1cnn(C2CC2)c1)Nc1ccc(CN2CCOCC2)cc1F. The summed E-state index contributed by atoms with van der Waals surface area (Å²) in [7, 11) is 0. The average molecular weight is 448 g/mol. The van der Waals surface area contributed by atoms with Crippen molar-refractivity contribution in [2.24, 2.45) is 0 Å². The molecule has 7 nitrogen and oxygen atoms in total. The van der Waals surface area contributed by atoms with Crippen molar-refractivity contribution in [1.29, 1.82) is 0 Å². The van der Waals surface area contributed by atoms with Gasteiger partial charge < -0.3 is 10.1 Å². The van der Waals surface area contributed by atoms with Crippen molar-refractivity contribution >= 4 is 17.7 Å². The second-order valence-corrected chi connectivity index (χ2v) is 8.43. The molecule has 170 valence electrons. The lowest BCUT2D eigenvalue weighted by Gasteiger charge is -2.26. The van der Waals surface area contributed by atoms with Crippen LogP contribution in [0.2, 0.25) is 0 Å². The van der Waals surface area contributed by atoms with E-state index in [4.69, 9.17) is 4.74 Å². The first-order valence-electron chi connectivity index (χ1n) is 11.2. The highest BCUT2D eigenvalue weighted by molar-refractivity contribution is 6.02. The molecular weight excluding hydrogens is 421 g/mol. The van der Waals surface area contributed by atoms with E-state index in [1.54, 1.807) is 24.5 Å². The van der Waals surface area contributed by atoms with Crippen LogP contribution in [0.3, 0.4) is 0 Å². The van der Waals surface area contributed by atoms with Crippen LogP contribution in [0, 0.1) is 5.82 Å². The van der Waals surface area contributed by atoms with Gasteiger partial charge in [0.15, 0.2) is 0 Å². The lowest BCUT2D eigenvalue weighted by molar-refractivity contribution is -0.111. The fourth-order valence-corrected chi connectivity index (χ4v) is 3.93. The number of halogens is 1. The number of hydrogen-bond donors (Lipinski definition) is 1. The normalized spacial score (nSPS) is 16.9. The minimum atomic E-state index is -0.447. The number of nitrogens with one attached hydrogen (secondary N) is 1. The second-order valence-electron chi connectivity index (χ2n) is 8.43. The summed E-state index contributed by atoms with van der Waals surface area (Å²) in [6, 6.07) is 7.33. The molecule has 5 rings (SSSR count). The van der Waals surface area contributed by atoms with Gasteiger partial charge in [-0.15, -0.1) is 0 Å². The molecule has 0 radical (unpaired) electrons. The Morgan fingerprint density at radius 1 is 1.21 bits per heavy atom. The standard InChI is InChI=1S/C25H26FN5O2/c26-23-13-18(16-30-9-11-33-12-10-30)1-5-24(23)29-25(32)6-2-19-14-27-8-7-22(19)20-15-28-31(17-20)21-3-4-21/h1-2,5-8,13-15,17,21H,3-4,9-12,16H2,(H,29,32)/b6-2+. The molecule has 0 bridgehead atoms. The van der Waals surface area contributed by atoms with Crippen molar-refractivity contribution in [3.05, 3.63) is 72.1 Å². The van der Waals surface area contributed by atoms with Crippen LogP contribution in [0.25, 0.3) is 17.2 Å². The topological polar surface area (TPSA) is 72.3 Å². The maximum atomic E-state index is 14.6. The van der Waals surface area contributed by atoms with Gasteiger partial charge in [-0.2, -0.15) is 5.10 Å². The molecule has 0 atom stereocenters. The lowest BCUT2D eigenvalue weighted by Crippen LogP contribution is -2.35. The van der Waals surface area contributed by atoms with E-state index in [9.17, 15) is 9.18 Å². The fraction of sp³-hybridized carbons (Fsp3) is 0.320. The van der Waals surface area contributed by atoms with E-state index in [2.05, 4.69) is 20.3 Å². The predicted octanol–water partition coefficient (Wildman–Crippen LogP) is 3.90. The Morgan fingerprint density at radius 3 is 2.85 bits per heavy atom. The zero-order chi connectivity index (χ0) is 22.6. The molecule has 1 amide bonds. The first kappa shape index (κ1) is 21.5. The highest BCUT2D eigenvalue weighted by Gasteiger charge is 2.24. The van der Waals surface area contributed by atoms with E-state index in [1.165, 1.54) is 12.1 Å². The molecule has 2 aromatic heterocycles. The van der Waals surface area contributed by atoms with Gasteiger partial charge in [0.05, 0.1) is 31.1 Å². The summed E-state index contributed by atoms with van der Waals surface area (Å²) in [5.41, 5.74) is 3.75. The monoisotopic (exact) mass is 447 g/mol. The Bertz CT molecular complexity index is 1170. The van der Waals surface area contributed by atoms with Crippen LogP contribution in [-0.2, 0) is 16.1 Å². The highest BCUT2D eigenvalue weighted by Crippen LogP contribution is 2.35. The molecule has 2 aliphatic rings. The molecule has 8 heteroatoms. The summed E-state index contributed by atoms with van der Waals surface area (Å²) < 4.78 is 21.9. The zero-order valence-electron chi connectivity index (χ0n) is 18.3. The van der Waals surface area contributed by atoms with Gasteiger partial charge in [-0.1, -0.05) is 6.07 Å². The number of pyridine rings is 1. The molecule has 0 spiro atoms. The van der Waals surface area contributed by atoms with Gasteiger partial charge >= 0.3 is 0 Å². The third-order valence-corrected chi connectivity index (χ3v) is 5.90. The van der Waals surface area contributed by atoms with Gasteiger partial charge in [0.2, 0.25) is 5.91 Å². The Hall–Kier alpha value is -3.36. The molecule has 1 N–H and O–H groups in total. The van der Waals surface area contributed by atoms with Crippen molar-refractivity contribution in [1.82, 2.24) is 19.7 Å². The number of rotatable bonds is 7. The minimum absolute atomic E-state index is 0.160. The Morgan fingerprint density at radius 2 is 2.06 bits per heavy atom. The molecule has 1 aliphatic heterocycles. The maximum absolute atomic E-state index is 14.6. The van der Waals surface area contributed by atoms with Gasteiger partial charge in [-0.25, -0.2) is 4.39 Å². The number of carbonyl (C=O) groups is 1. The Kier molecular flexibility index (Phi) is 6.28. The highest BCUT2D eigenvalue weighted by atomic mass is 19.1. The summed E-state index contributed by atoms with van der Waals surface area (Å²) in [4.78, 5) is 18.9. The van der Waals surface area contributed by atoms with Gasteiger partial charge in [0.1, 0.15) is 5.82 Å². The molecule has 1 saturated heterocycles. The smallest absolute Gasteiger partial charge is 0.248 e. The summed E-state index contributed by atoms with van der Waals surface area (Å²) in [5.74, 6) is -0.852. The van der Waals surface area contributed by atoms with E-state index >= 15 is 0 Å². The molecular formula is C25H26FN5O2. The summed E-state index contributed by atoms with van der Waals surface area (Å²) in [6.07, 6.45) is 12.7. The number of hydrogen-bond acceptors (Lipinski definition) is 5. The number of morpholine rings is 1. The lowest BCUT2D eigenvalue weighted by atomic mass is 10.0. The number of nitrogens with zero attached hydrogens (tertiary/aromatic N) is 4. The Labute approximate surface area is 191 Å². The van der Waals surface area contributed by atoms with E-state index in [0.717, 1.165) is 48.2 Å². The van der Waals surface area contributed by atoms with Crippen molar-refractivity contribution in [3.8, 4) is 11.1 Å². The number of aromatic nitrogens is 3. The molecule has 3 aromatic rings. The van der Waals surface area contributed by atoms with Crippen molar-refractivity contribution in [2.45, 2.75) is 25.4 Å². The van der Waals surface area contributed by atoms with E-state index in [0.29, 0.717) is 25.8 Å². The van der Waals surface area contributed by atoms with Gasteiger partial charge in [0, 0.05) is 55.4 Å². The van der Waals surface area contributed by atoms with Crippen LogP contribution < -0.4 is 5.32 Å². The first-order chi connectivity index (χ1) is 16.2. The minimum Gasteiger partial charge on any atom is -0.379 e. The van der Waals surface area contributed by atoms with Crippen molar-refractivity contribution in [2.75, 3.05) is 31.6 Å². The third kappa shape index (κ3) is 5.35. The maximum Gasteiger partial charge on any atom is 0.248 e. The number of anilines is 1. The van der Waals surface area contributed by atoms with Crippen LogP contribution in [0.1, 0.15) is 30.0 Å². The van der Waals surface area contributed by atoms with Crippen LogP contribution >= 0.6 is 0 Å². The quantitative estimate of drug-likeness (QED) is 0.556. The molecule has 1 aliphatic carbocycles. The zero-order valence-corrected chi connectivity index (χ0v) is 18.3. The number of ether oxygens (including phenoxy) is 1. The van der Waals surface area contributed by atoms with E-state index in [1.807, 2.05) is 29.2 Å². The molecule has 0 unspecified atom stereocenters. The number of carbonyl (C=O) groups excluding carboxylic acids is 1. The van der Waals surface area contributed by atoms with E-state index < -0.39 is 11.7 Å². The van der Waals surface area contributed by atoms with Crippen LogP contribution in [0.15, 0.2) is 55.1 Å². The number of benzene rings is 1. The Balaban J connectivity index is 1.24. The molecule has 1 saturated carbocycles. The summed E-state index contributed by atoms with van der Waals surface area (Å²) in [5, 5.41) is 7.07. The van der Waals surface area contributed by atoms with Crippen molar-refractivity contribution in [3.63, 3.8) is 0 Å². The van der Waals surface area contributed by atoms with Crippen LogP contribution in [-0.4, -0.2) is 51.9 Å². The summed E-state index contributed by atoms with van der Waals surface area (Å²) >= 11 is 0. The molecule has 33 heavy (non-hydrogen) atoms. The van der Waals surface area contributed by atoms with Gasteiger partial charge in [-0.3, -0.25) is 19.4 Å². The van der Waals surface area contributed by atoms with E-state index in [-0.39, 0.29) is 5.69 Å². The van der Waals surface area contributed by atoms with Crippen LogP contribution in [0.4, 0.5) is 10.1 Å². The average Bonchev–Trinajstić information content (AvgIpc) is 3.57. The fourth-order valence-electron chi connectivity index (χ4n) is 3.93. The van der Waals surface area contributed by atoms with Crippen molar-refractivity contribution < 1.29 is 13.9 Å². The largest absolute Gasteiger partial charge is 0.379 e. The summed E-state index contributed by atoms with van der Waals surface area (Å²) in [6.45, 7) is 3.73. The predicted molar refractivity (Wildman–Crippen MR) is 124 cm³/mol. The third-order valence-electron chi connectivity index (χ3n) is 5.90. The first-order valence-corrected chi connectivity index (χ1v) is 11.2. The second kappa shape index (κ2) is 9.64. The molecule has 3 heterocycles. The number of amides is 1. The molecule has 1 aromatic carbocycles. The molecule has 2 fully saturated rings. The van der Waals surface area contributed by atoms with Crippen LogP contribution in [0.5, 0.6) is 0 Å². The van der Waals surface area contributed by atoms with Gasteiger partial charge in [0.25, 0.3) is 0 Å². The van der Waals surface area contributed by atoms with Gasteiger partial charge in [-0.05, 0) is 48.2 Å².